The van der Waals surface area contributed by atoms with Gasteiger partial charge in [-0.3, -0.25) is 0 Å². The Morgan fingerprint density at radius 2 is 1.43 bits per heavy atom. The minimum absolute atomic E-state index is 0.0205. The van der Waals surface area contributed by atoms with Gasteiger partial charge in [0.2, 0.25) is 5.96 Å². The monoisotopic (exact) mass is 662 g/mol. The average molecular weight is 663 g/mol. The van der Waals surface area contributed by atoms with Crippen LogP contribution in [-0.2, 0) is 25.4 Å². The standard InChI is InChI=1S/C33H38F6N6.C2H6/c1-20-3-2-4-25-13-26(30(42-29(20)25)44(16-22-7-8-22)17-23-9-10-23)19-45(31(40)43-41-15-21-5-6-21)18-24-11-27(32(34,35)36)14-28(12-24)33(37,38)39;1-2/h2-4,11-14,21-23,41H,5-10,15-19H2,1H3,(H2,40,43);1-2H3. The van der Waals surface area contributed by atoms with E-state index >= 15 is 0 Å². The maximum Gasteiger partial charge on any atom is 0.416 e. The normalized spacial score (nSPS) is 16.9. The first-order valence-corrected chi connectivity index (χ1v) is 16.6. The quantitative estimate of drug-likeness (QED) is 0.0882. The third-order valence-electron chi connectivity index (χ3n) is 8.73. The highest BCUT2D eigenvalue weighted by atomic mass is 19.4. The van der Waals surface area contributed by atoms with Crippen LogP contribution in [0.3, 0.4) is 0 Å². The molecule has 1 heterocycles. The van der Waals surface area contributed by atoms with Gasteiger partial charge in [0.25, 0.3) is 0 Å². The van der Waals surface area contributed by atoms with Crippen LogP contribution in [0.4, 0.5) is 32.2 Å². The molecule has 6 nitrogen and oxygen atoms in total. The van der Waals surface area contributed by atoms with Crippen LogP contribution in [0, 0.1) is 24.7 Å². The number of aryl methyl sites for hydroxylation is 1. The minimum atomic E-state index is -4.95. The number of anilines is 1. The molecule has 0 bridgehead atoms. The second-order valence-electron chi connectivity index (χ2n) is 13.0. The zero-order valence-electron chi connectivity index (χ0n) is 27.2. The fourth-order valence-corrected chi connectivity index (χ4v) is 5.65. The number of nitrogens with one attached hydrogen (secondary N) is 1. The van der Waals surface area contributed by atoms with Crippen molar-refractivity contribution in [2.45, 2.75) is 84.7 Å². The Labute approximate surface area is 272 Å². The van der Waals surface area contributed by atoms with E-state index in [1.807, 2.05) is 45.0 Å². The highest BCUT2D eigenvalue weighted by Gasteiger charge is 2.37. The van der Waals surface area contributed by atoms with E-state index in [9.17, 15) is 26.3 Å². The summed E-state index contributed by atoms with van der Waals surface area (Å²) in [5.74, 6) is 2.38. The first-order valence-electron chi connectivity index (χ1n) is 16.6. The van der Waals surface area contributed by atoms with Gasteiger partial charge in [-0.25, -0.2) is 4.98 Å². The largest absolute Gasteiger partial charge is 0.416 e. The molecule has 3 N–H and O–H groups in total. The van der Waals surface area contributed by atoms with Gasteiger partial charge in [0, 0.05) is 43.7 Å². The molecule has 0 spiro atoms. The molecule has 3 saturated carbocycles. The molecule has 0 radical (unpaired) electrons. The van der Waals surface area contributed by atoms with Gasteiger partial charge in [0.15, 0.2) is 0 Å². The highest BCUT2D eigenvalue weighted by Crippen LogP contribution is 2.39. The lowest BCUT2D eigenvalue weighted by atomic mass is 10.0. The first kappa shape index (κ1) is 34.6. The number of halogens is 6. The Morgan fingerprint density at radius 1 is 0.851 bits per heavy atom. The highest BCUT2D eigenvalue weighted by molar-refractivity contribution is 5.85. The summed E-state index contributed by atoms with van der Waals surface area (Å²) in [6.45, 7) is 8.07. The smallest absolute Gasteiger partial charge is 0.368 e. The molecule has 3 fully saturated rings. The van der Waals surface area contributed by atoms with Crippen LogP contribution in [0.5, 0.6) is 0 Å². The van der Waals surface area contributed by atoms with E-state index in [0.717, 1.165) is 91.6 Å². The van der Waals surface area contributed by atoms with Crippen LogP contribution < -0.4 is 16.1 Å². The van der Waals surface area contributed by atoms with Gasteiger partial charge in [-0.05, 0) is 98.6 Å². The first-order chi connectivity index (χ1) is 22.3. The van der Waals surface area contributed by atoms with Crippen LogP contribution in [0.25, 0.3) is 10.9 Å². The fraction of sp³-hybridized carbons (Fsp3) is 0.543. The average Bonchev–Trinajstić information content (AvgIpc) is 3.86. The lowest BCUT2D eigenvalue weighted by Crippen LogP contribution is -2.39. The molecule has 3 aliphatic carbocycles. The van der Waals surface area contributed by atoms with E-state index < -0.39 is 23.5 Å². The minimum Gasteiger partial charge on any atom is -0.368 e. The number of guanidine groups is 1. The number of rotatable bonds is 12. The second kappa shape index (κ2) is 14.2. The number of pyridine rings is 1. The van der Waals surface area contributed by atoms with Gasteiger partial charge in [-0.15, -0.1) is 5.10 Å². The number of alkyl halides is 6. The van der Waals surface area contributed by atoms with E-state index in [2.05, 4.69) is 15.4 Å². The molecule has 0 amide bonds. The van der Waals surface area contributed by atoms with Gasteiger partial charge >= 0.3 is 12.4 Å². The van der Waals surface area contributed by atoms with E-state index in [1.54, 1.807) is 0 Å². The number of hydrogen-bond donors (Lipinski definition) is 2. The molecule has 12 heteroatoms. The number of nitrogens with zero attached hydrogens (tertiary/aromatic N) is 4. The van der Waals surface area contributed by atoms with Crippen molar-refractivity contribution in [3.8, 4) is 0 Å². The van der Waals surface area contributed by atoms with Crippen molar-refractivity contribution in [2.75, 3.05) is 24.5 Å². The van der Waals surface area contributed by atoms with Gasteiger partial charge in [0.05, 0.1) is 16.6 Å². The molecule has 6 rings (SSSR count). The van der Waals surface area contributed by atoms with Crippen molar-refractivity contribution in [1.82, 2.24) is 15.3 Å². The van der Waals surface area contributed by atoms with E-state index in [4.69, 9.17) is 10.7 Å². The summed E-state index contributed by atoms with van der Waals surface area (Å²) in [5.41, 5.74) is 9.17. The molecule has 3 aromatic rings. The van der Waals surface area contributed by atoms with Gasteiger partial charge in [0.1, 0.15) is 5.82 Å². The summed E-state index contributed by atoms with van der Waals surface area (Å²) in [7, 11) is 0. The number of hydrazone groups is 1. The van der Waals surface area contributed by atoms with Crippen molar-refractivity contribution in [2.24, 2.45) is 28.6 Å². The van der Waals surface area contributed by atoms with Crippen LogP contribution in [0.2, 0.25) is 0 Å². The Balaban J connectivity index is 0.00000213. The van der Waals surface area contributed by atoms with Crippen LogP contribution in [0.1, 0.15) is 80.2 Å². The molecule has 1 aromatic heterocycles. The third-order valence-corrected chi connectivity index (χ3v) is 8.73. The number of para-hydroxylation sites is 1. The van der Waals surface area contributed by atoms with E-state index in [0.29, 0.717) is 24.3 Å². The molecule has 47 heavy (non-hydrogen) atoms. The van der Waals surface area contributed by atoms with Crippen molar-refractivity contribution < 1.29 is 26.3 Å². The van der Waals surface area contributed by atoms with Crippen LogP contribution >= 0.6 is 0 Å². The van der Waals surface area contributed by atoms with E-state index in [1.165, 1.54) is 4.90 Å². The van der Waals surface area contributed by atoms with Gasteiger partial charge in [-0.2, -0.15) is 26.3 Å². The molecule has 0 unspecified atom stereocenters. The Bertz CT molecular complexity index is 1510. The van der Waals surface area contributed by atoms with Crippen LogP contribution in [-0.4, -0.2) is 35.5 Å². The van der Waals surface area contributed by atoms with Crippen molar-refractivity contribution >= 4 is 22.7 Å². The molecule has 0 saturated heterocycles. The second-order valence-corrected chi connectivity index (χ2v) is 13.0. The summed E-state index contributed by atoms with van der Waals surface area (Å²) in [6.07, 6.45) is -3.16. The number of nitrogens with two attached hydrogens (primary N) is 1. The number of benzene rings is 2. The maximum atomic E-state index is 13.7. The van der Waals surface area contributed by atoms with Crippen molar-refractivity contribution in [1.29, 1.82) is 0 Å². The summed E-state index contributed by atoms with van der Waals surface area (Å²) in [6, 6.07) is 9.55. The number of aromatic nitrogens is 1. The molecule has 0 atom stereocenters. The fourth-order valence-electron chi connectivity index (χ4n) is 5.65. The van der Waals surface area contributed by atoms with Crippen molar-refractivity contribution in [3.63, 3.8) is 0 Å². The Hall–Kier alpha value is -3.70. The predicted molar refractivity (Wildman–Crippen MR) is 174 cm³/mol. The summed E-state index contributed by atoms with van der Waals surface area (Å²) < 4.78 is 82.3. The Morgan fingerprint density at radius 3 is 1.96 bits per heavy atom. The van der Waals surface area contributed by atoms with Gasteiger partial charge in [-0.1, -0.05) is 32.0 Å². The third kappa shape index (κ3) is 9.44. The lowest BCUT2D eigenvalue weighted by molar-refractivity contribution is -0.143. The molecular formula is C35H44F6N6. The molecule has 256 valence electrons. The Kier molecular flexibility index (Phi) is 10.5. The molecular weight excluding hydrogens is 618 g/mol. The molecule has 3 aliphatic rings. The zero-order chi connectivity index (χ0) is 33.9. The number of fused-ring (bicyclic) bond motifs is 1. The maximum absolute atomic E-state index is 13.7. The number of hydrogen-bond acceptors (Lipinski definition) is 4. The topological polar surface area (TPSA) is 69.8 Å². The molecule has 0 aliphatic heterocycles. The van der Waals surface area contributed by atoms with Crippen molar-refractivity contribution in [3.05, 3.63) is 70.3 Å². The van der Waals surface area contributed by atoms with Gasteiger partial charge < -0.3 is 21.0 Å². The lowest BCUT2D eigenvalue weighted by Gasteiger charge is -2.30. The summed E-state index contributed by atoms with van der Waals surface area (Å²) in [4.78, 5) is 9.00. The van der Waals surface area contributed by atoms with E-state index in [-0.39, 0.29) is 30.7 Å². The summed E-state index contributed by atoms with van der Waals surface area (Å²) >= 11 is 0. The van der Waals surface area contributed by atoms with Crippen LogP contribution in [0.15, 0.2) is 47.6 Å². The SMILES string of the molecule is CC.Cc1cccc2cc(CN(Cc3cc(C(F)(F)F)cc(C(F)(F)F)c3)/C(N)=N/NCC3CC3)c(N(CC3CC3)CC3CC3)nc12. The zero-order valence-corrected chi connectivity index (χ0v) is 27.2. The molecule has 2 aromatic carbocycles. The predicted octanol–water partition coefficient (Wildman–Crippen LogP) is 8.46. The summed E-state index contributed by atoms with van der Waals surface area (Å²) in [5, 5.41) is 5.19.